The highest BCUT2D eigenvalue weighted by Crippen LogP contribution is 2.38. The van der Waals surface area contributed by atoms with Gasteiger partial charge in [-0.05, 0) is 48.5 Å². The van der Waals surface area contributed by atoms with Crippen molar-refractivity contribution in [2.24, 2.45) is 29.1 Å². The molecule has 174 valence electrons. The largest absolute Gasteiger partial charge is 0.481 e. The van der Waals surface area contributed by atoms with Gasteiger partial charge in [0.25, 0.3) is 0 Å². The first-order valence-corrected chi connectivity index (χ1v) is 11.5. The van der Waals surface area contributed by atoms with Crippen LogP contribution in [0.1, 0.15) is 59.7 Å². The van der Waals surface area contributed by atoms with E-state index in [1.165, 1.54) is 5.57 Å². The van der Waals surface area contributed by atoms with Gasteiger partial charge >= 0.3 is 5.97 Å². The lowest BCUT2D eigenvalue weighted by atomic mass is 9.69. The van der Waals surface area contributed by atoms with Gasteiger partial charge in [0.1, 0.15) is 5.82 Å². The Hall–Kier alpha value is -2.70. The number of hydrogen-bond acceptors (Lipinski definition) is 4. The van der Waals surface area contributed by atoms with E-state index >= 15 is 0 Å². The van der Waals surface area contributed by atoms with Gasteiger partial charge in [-0.3, -0.25) is 14.6 Å². The minimum absolute atomic E-state index is 0.0169. The van der Waals surface area contributed by atoms with Crippen molar-refractivity contribution in [2.45, 2.75) is 60.3 Å². The van der Waals surface area contributed by atoms with Gasteiger partial charge in [0.05, 0.1) is 23.7 Å². The Balaban J connectivity index is 1.64. The number of nitrogens with zero attached hydrogens (tertiary/aromatic N) is 2. The van der Waals surface area contributed by atoms with Crippen molar-refractivity contribution in [1.29, 1.82) is 0 Å². The van der Waals surface area contributed by atoms with E-state index in [4.69, 9.17) is 10.1 Å². The smallest absolute Gasteiger partial charge is 0.303 e. The number of aromatic nitrogens is 3. The van der Waals surface area contributed by atoms with Crippen LogP contribution < -0.4 is 5.32 Å². The average Bonchev–Trinajstić information content (AvgIpc) is 3.08. The van der Waals surface area contributed by atoms with Gasteiger partial charge in [0, 0.05) is 25.6 Å². The van der Waals surface area contributed by atoms with Crippen molar-refractivity contribution in [3.05, 3.63) is 35.9 Å². The van der Waals surface area contributed by atoms with E-state index in [2.05, 4.69) is 42.1 Å². The number of pyridine rings is 1. The van der Waals surface area contributed by atoms with Crippen molar-refractivity contribution in [1.82, 2.24) is 20.3 Å². The van der Waals surface area contributed by atoms with Crippen molar-refractivity contribution in [3.8, 4) is 0 Å². The first-order chi connectivity index (χ1) is 15.0. The van der Waals surface area contributed by atoms with Gasteiger partial charge in [-0.2, -0.15) is 0 Å². The van der Waals surface area contributed by atoms with Crippen molar-refractivity contribution in [2.75, 3.05) is 6.54 Å². The summed E-state index contributed by atoms with van der Waals surface area (Å²) >= 11 is 0. The summed E-state index contributed by atoms with van der Waals surface area (Å²) in [6, 6.07) is 1.92. The molecule has 1 amide bonds. The summed E-state index contributed by atoms with van der Waals surface area (Å²) in [6.07, 6.45) is 8.01. The number of hydrogen-bond donors (Lipinski definition) is 3. The maximum absolute atomic E-state index is 12.5. The fraction of sp³-hybridized carbons (Fsp3) is 0.600. The second-order valence-corrected chi connectivity index (χ2v) is 10.4. The summed E-state index contributed by atoms with van der Waals surface area (Å²) in [5.41, 5.74) is 2.69. The predicted octanol–water partition coefficient (Wildman–Crippen LogP) is 4.36. The topological polar surface area (TPSA) is 108 Å². The minimum atomic E-state index is -0.875. The molecule has 2 aromatic heterocycles. The zero-order valence-electron chi connectivity index (χ0n) is 19.8. The lowest BCUT2D eigenvalue weighted by Crippen LogP contribution is -2.38. The number of amides is 1. The Kier molecular flexibility index (Phi) is 7.36. The van der Waals surface area contributed by atoms with Crippen molar-refractivity contribution >= 4 is 22.9 Å². The molecule has 32 heavy (non-hydrogen) atoms. The van der Waals surface area contributed by atoms with Crippen LogP contribution in [0.5, 0.6) is 0 Å². The predicted molar refractivity (Wildman–Crippen MR) is 125 cm³/mol. The molecule has 0 fully saturated rings. The summed E-state index contributed by atoms with van der Waals surface area (Å²) in [4.78, 5) is 35.8. The first-order valence-electron chi connectivity index (χ1n) is 11.5. The van der Waals surface area contributed by atoms with Gasteiger partial charge in [-0.15, -0.1) is 0 Å². The second-order valence-electron chi connectivity index (χ2n) is 10.4. The van der Waals surface area contributed by atoms with Gasteiger partial charge in [-0.1, -0.05) is 39.3 Å². The average molecular weight is 441 g/mol. The Morgan fingerprint density at radius 3 is 2.72 bits per heavy atom. The Labute approximate surface area is 190 Å². The maximum atomic E-state index is 12.5. The molecule has 0 saturated heterocycles. The number of nitrogens with one attached hydrogen (secondary N) is 2. The monoisotopic (exact) mass is 440 g/mol. The lowest BCUT2D eigenvalue weighted by molar-refractivity contribution is -0.139. The van der Waals surface area contributed by atoms with E-state index in [0.717, 1.165) is 29.7 Å². The minimum Gasteiger partial charge on any atom is -0.481 e. The maximum Gasteiger partial charge on any atom is 0.303 e. The quantitative estimate of drug-likeness (QED) is 0.502. The first kappa shape index (κ1) is 24.0. The van der Waals surface area contributed by atoms with E-state index in [0.29, 0.717) is 24.3 Å². The molecule has 3 N–H and O–H groups in total. The number of allylic oxidation sites excluding steroid dienone is 1. The molecule has 0 bridgehead atoms. The van der Waals surface area contributed by atoms with Crippen molar-refractivity contribution in [3.63, 3.8) is 0 Å². The van der Waals surface area contributed by atoms with Crippen LogP contribution in [0.15, 0.2) is 30.1 Å². The highest BCUT2D eigenvalue weighted by molar-refractivity contribution is 5.78. The molecule has 0 radical (unpaired) electrons. The van der Waals surface area contributed by atoms with Gasteiger partial charge in [0.15, 0.2) is 0 Å². The molecule has 3 atom stereocenters. The van der Waals surface area contributed by atoms with Gasteiger partial charge < -0.3 is 15.4 Å². The van der Waals surface area contributed by atoms with E-state index in [9.17, 15) is 9.59 Å². The molecule has 0 saturated carbocycles. The normalized spacial score (nSPS) is 21.6. The van der Waals surface area contributed by atoms with E-state index in [1.807, 2.05) is 26.1 Å². The molecule has 0 aromatic carbocycles. The molecule has 7 nitrogen and oxygen atoms in total. The third-order valence-electron chi connectivity index (χ3n) is 6.66. The molecule has 3 rings (SSSR count). The lowest BCUT2D eigenvalue weighted by Gasteiger charge is -2.37. The third kappa shape index (κ3) is 6.17. The number of fused-ring (bicyclic) bond motifs is 1. The number of aliphatic carboxylic acids is 1. The number of rotatable bonds is 9. The van der Waals surface area contributed by atoms with Gasteiger partial charge in [-0.25, -0.2) is 4.98 Å². The van der Waals surface area contributed by atoms with Crippen LogP contribution in [-0.4, -0.2) is 38.5 Å². The number of carbonyl (C=O) groups is 2. The Morgan fingerprint density at radius 2 is 2.06 bits per heavy atom. The number of carbonyl (C=O) groups excluding carboxylic acids is 1. The number of carboxylic acids is 1. The number of aromatic amines is 1. The van der Waals surface area contributed by atoms with Gasteiger partial charge in [0.2, 0.25) is 5.91 Å². The molecule has 2 heterocycles. The number of imidazole rings is 1. The zero-order chi connectivity index (χ0) is 23.5. The van der Waals surface area contributed by atoms with Crippen LogP contribution in [0.4, 0.5) is 0 Å². The number of carboxylic acid groups (broad SMARTS) is 1. The van der Waals surface area contributed by atoms with Crippen LogP contribution in [0.25, 0.3) is 11.0 Å². The zero-order valence-corrected chi connectivity index (χ0v) is 19.8. The van der Waals surface area contributed by atoms with E-state index < -0.39 is 11.4 Å². The molecular formula is C25H36N4O3. The molecular weight excluding hydrogens is 404 g/mol. The highest BCUT2D eigenvalue weighted by Gasteiger charge is 2.33. The summed E-state index contributed by atoms with van der Waals surface area (Å²) in [5, 5.41) is 12.1. The molecule has 0 unspecified atom stereocenters. The second kappa shape index (κ2) is 9.84. The van der Waals surface area contributed by atoms with Crippen LogP contribution in [-0.2, 0) is 16.0 Å². The Bertz CT molecular complexity index is 959. The van der Waals surface area contributed by atoms with Crippen LogP contribution in [0.3, 0.4) is 0 Å². The third-order valence-corrected chi connectivity index (χ3v) is 6.66. The molecule has 1 aliphatic carbocycles. The summed E-state index contributed by atoms with van der Waals surface area (Å²) in [5.74, 6) is 1.67. The molecule has 0 aliphatic heterocycles. The molecule has 7 heteroatoms. The summed E-state index contributed by atoms with van der Waals surface area (Å²) < 4.78 is 0. The highest BCUT2D eigenvalue weighted by atomic mass is 16.4. The summed E-state index contributed by atoms with van der Waals surface area (Å²) in [7, 11) is 0. The SMILES string of the molecule is CC1=C[C@@H](CNC(=O)CC(C)(C)CC(=O)O)[C@H](C(C)C)C[C@H]1Cc1nc2ccncc2[nH]1. The standard InChI is InChI=1S/C25H36N4O3/c1-15(2)19-9-17(10-22-28-20-6-7-26-14-21(20)29-22)16(3)8-18(19)13-27-23(30)11-25(4,5)12-24(31)32/h6-8,14-15,17-19H,9-13H2,1-5H3,(H,27,30)(H,28,29)(H,31,32)/t17-,18-,19-/m0/s1. The Morgan fingerprint density at radius 1 is 1.31 bits per heavy atom. The number of H-pyrrole nitrogens is 1. The summed E-state index contributed by atoms with van der Waals surface area (Å²) in [6.45, 7) is 10.9. The van der Waals surface area contributed by atoms with Crippen LogP contribution in [0.2, 0.25) is 0 Å². The molecule has 1 aliphatic rings. The van der Waals surface area contributed by atoms with E-state index in [-0.39, 0.29) is 24.7 Å². The van der Waals surface area contributed by atoms with Crippen molar-refractivity contribution < 1.29 is 14.7 Å². The molecule has 0 spiro atoms. The fourth-order valence-corrected chi connectivity index (χ4v) is 4.95. The van der Waals surface area contributed by atoms with E-state index in [1.54, 1.807) is 6.20 Å². The van der Waals surface area contributed by atoms with Crippen LogP contribution >= 0.6 is 0 Å². The fourth-order valence-electron chi connectivity index (χ4n) is 4.95. The van der Waals surface area contributed by atoms with Crippen LogP contribution in [0, 0.1) is 29.1 Å². The molecule has 2 aromatic rings.